The number of aromatic nitrogens is 4. The van der Waals surface area contributed by atoms with Crippen molar-refractivity contribution in [2.75, 3.05) is 11.9 Å². The van der Waals surface area contributed by atoms with Gasteiger partial charge < -0.3 is 9.84 Å². The highest BCUT2D eigenvalue weighted by molar-refractivity contribution is 9.10. The Morgan fingerprint density at radius 3 is 3.12 bits per heavy atom. The SMILES string of the molecule is Cn1ncc(NCCc2ncno2)c(Br)c1=O. The Bertz CT molecular complexity index is 551. The number of rotatable bonds is 4. The van der Waals surface area contributed by atoms with Crippen molar-refractivity contribution in [1.82, 2.24) is 19.9 Å². The zero-order valence-corrected chi connectivity index (χ0v) is 10.6. The van der Waals surface area contributed by atoms with Crippen LogP contribution in [0.15, 0.2) is 26.3 Å². The first kappa shape index (κ1) is 11.8. The van der Waals surface area contributed by atoms with Crippen LogP contribution in [0.2, 0.25) is 0 Å². The minimum absolute atomic E-state index is 0.187. The van der Waals surface area contributed by atoms with E-state index in [1.165, 1.54) is 11.0 Å². The van der Waals surface area contributed by atoms with E-state index < -0.39 is 0 Å². The van der Waals surface area contributed by atoms with Crippen LogP contribution in [0.5, 0.6) is 0 Å². The molecule has 8 heteroatoms. The van der Waals surface area contributed by atoms with Gasteiger partial charge in [0.2, 0.25) is 5.89 Å². The van der Waals surface area contributed by atoms with Crippen molar-refractivity contribution in [3.63, 3.8) is 0 Å². The summed E-state index contributed by atoms with van der Waals surface area (Å²) in [6.45, 7) is 0.579. The topological polar surface area (TPSA) is 85.8 Å². The van der Waals surface area contributed by atoms with Gasteiger partial charge in [0.1, 0.15) is 4.47 Å². The molecule has 0 bridgehead atoms. The Kier molecular flexibility index (Phi) is 3.52. The molecule has 90 valence electrons. The van der Waals surface area contributed by atoms with Gasteiger partial charge in [0.15, 0.2) is 6.33 Å². The zero-order chi connectivity index (χ0) is 12.3. The lowest BCUT2D eigenvalue weighted by atomic mass is 10.4. The van der Waals surface area contributed by atoms with Crippen LogP contribution in [-0.4, -0.2) is 26.5 Å². The Morgan fingerprint density at radius 2 is 2.41 bits per heavy atom. The zero-order valence-electron chi connectivity index (χ0n) is 9.05. The van der Waals surface area contributed by atoms with E-state index in [4.69, 9.17) is 4.52 Å². The Balaban J connectivity index is 2.00. The summed E-state index contributed by atoms with van der Waals surface area (Å²) >= 11 is 3.22. The van der Waals surface area contributed by atoms with Crippen LogP contribution < -0.4 is 10.9 Å². The predicted octanol–water partition coefficient (Wildman–Crippen LogP) is 0.580. The molecule has 0 amide bonds. The number of hydrogen-bond donors (Lipinski definition) is 1. The number of aryl methyl sites for hydroxylation is 1. The van der Waals surface area contributed by atoms with Crippen molar-refractivity contribution < 1.29 is 4.52 Å². The third-order valence-corrected chi connectivity index (χ3v) is 2.91. The lowest BCUT2D eigenvalue weighted by Crippen LogP contribution is -2.21. The van der Waals surface area contributed by atoms with Gasteiger partial charge in [-0.1, -0.05) is 5.16 Å². The molecule has 0 radical (unpaired) electrons. The molecule has 0 atom stereocenters. The highest BCUT2D eigenvalue weighted by atomic mass is 79.9. The summed E-state index contributed by atoms with van der Waals surface area (Å²) < 4.78 is 6.57. The molecule has 0 aliphatic heterocycles. The van der Waals surface area contributed by atoms with Crippen molar-refractivity contribution in [3.8, 4) is 0 Å². The second-order valence-corrected chi connectivity index (χ2v) is 4.11. The van der Waals surface area contributed by atoms with Gasteiger partial charge in [0.25, 0.3) is 5.56 Å². The molecule has 0 spiro atoms. The van der Waals surface area contributed by atoms with Crippen LogP contribution in [-0.2, 0) is 13.5 Å². The predicted molar refractivity (Wildman–Crippen MR) is 63.7 cm³/mol. The monoisotopic (exact) mass is 299 g/mol. The maximum absolute atomic E-state index is 11.6. The summed E-state index contributed by atoms with van der Waals surface area (Å²) in [5, 5.41) is 10.5. The van der Waals surface area contributed by atoms with Gasteiger partial charge in [0, 0.05) is 20.0 Å². The molecule has 2 aromatic rings. The Morgan fingerprint density at radius 1 is 1.59 bits per heavy atom. The number of halogens is 1. The maximum Gasteiger partial charge on any atom is 0.282 e. The molecule has 2 heterocycles. The Hall–Kier alpha value is -1.70. The average molecular weight is 300 g/mol. The maximum atomic E-state index is 11.6. The van der Waals surface area contributed by atoms with Crippen molar-refractivity contribution in [3.05, 3.63) is 33.2 Å². The van der Waals surface area contributed by atoms with Crippen LogP contribution in [0.4, 0.5) is 5.69 Å². The summed E-state index contributed by atoms with van der Waals surface area (Å²) in [7, 11) is 1.59. The normalized spacial score (nSPS) is 10.5. The van der Waals surface area contributed by atoms with Crippen molar-refractivity contribution in [2.45, 2.75) is 6.42 Å². The van der Waals surface area contributed by atoms with Gasteiger partial charge in [-0.05, 0) is 15.9 Å². The summed E-state index contributed by atoms with van der Waals surface area (Å²) in [5.74, 6) is 0.547. The number of nitrogens with one attached hydrogen (secondary N) is 1. The standard InChI is InChI=1S/C9H10BrN5O2/c1-15-9(16)8(10)6(4-13-15)11-3-2-7-12-5-14-17-7/h4-5,11H,2-3H2,1H3. The summed E-state index contributed by atoms with van der Waals surface area (Å²) in [6.07, 6.45) is 3.52. The lowest BCUT2D eigenvalue weighted by Gasteiger charge is -2.06. The molecule has 0 saturated heterocycles. The first-order valence-corrected chi connectivity index (χ1v) is 5.69. The number of anilines is 1. The highest BCUT2D eigenvalue weighted by Gasteiger charge is 2.06. The smallest absolute Gasteiger partial charge is 0.282 e. The third-order valence-electron chi connectivity index (χ3n) is 2.14. The third kappa shape index (κ3) is 2.70. The molecule has 17 heavy (non-hydrogen) atoms. The fourth-order valence-electron chi connectivity index (χ4n) is 1.24. The fourth-order valence-corrected chi connectivity index (χ4v) is 1.74. The van der Waals surface area contributed by atoms with Crippen molar-refractivity contribution >= 4 is 21.6 Å². The minimum atomic E-state index is -0.187. The molecule has 0 unspecified atom stereocenters. The molecule has 7 nitrogen and oxygen atoms in total. The molecule has 2 rings (SSSR count). The molecule has 0 aliphatic rings. The molecule has 0 saturated carbocycles. The van der Waals surface area contributed by atoms with Crippen molar-refractivity contribution in [1.29, 1.82) is 0 Å². The average Bonchev–Trinajstić information content (AvgIpc) is 2.82. The van der Waals surface area contributed by atoms with Crippen molar-refractivity contribution in [2.24, 2.45) is 7.05 Å². The number of nitrogens with zero attached hydrogens (tertiary/aromatic N) is 4. The summed E-state index contributed by atoms with van der Waals surface area (Å²) in [6, 6.07) is 0. The minimum Gasteiger partial charge on any atom is -0.382 e. The number of hydrogen-bond acceptors (Lipinski definition) is 6. The van der Waals surface area contributed by atoms with E-state index in [-0.39, 0.29) is 5.56 Å². The van der Waals surface area contributed by atoms with Gasteiger partial charge in [-0.3, -0.25) is 4.79 Å². The molecule has 2 aromatic heterocycles. The first-order chi connectivity index (χ1) is 8.18. The Labute approximate surface area is 105 Å². The highest BCUT2D eigenvalue weighted by Crippen LogP contribution is 2.15. The molecular formula is C9H10BrN5O2. The van der Waals surface area contributed by atoms with Crippen LogP contribution in [0.3, 0.4) is 0 Å². The molecule has 0 aromatic carbocycles. The van der Waals surface area contributed by atoms with Gasteiger partial charge in [0.05, 0.1) is 11.9 Å². The van der Waals surface area contributed by atoms with E-state index in [0.717, 1.165) is 0 Å². The van der Waals surface area contributed by atoms with Crippen LogP contribution >= 0.6 is 15.9 Å². The van der Waals surface area contributed by atoms with E-state index in [1.807, 2.05) is 0 Å². The summed E-state index contributed by atoms with van der Waals surface area (Å²) in [5.41, 5.74) is 0.459. The van der Waals surface area contributed by atoms with E-state index in [9.17, 15) is 4.79 Å². The van der Waals surface area contributed by atoms with E-state index in [1.54, 1.807) is 13.2 Å². The van der Waals surface area contributed by atoms with E-state index in [2.05, 4.69) is 36.5 Å². The van der Waals surface area contributed by atoms with Gasteiger partial charge >= 0.3 is 0 Å². The molecule has 0 aliphatic carbocycles. The van der Waals surface area contributed by atoms with Crippen LogP contribution in [0, 0.1) is 0 Å². The van der Waals surface area contributed by atoms with E-state index >= 15 is 0 Å². The molecule has 1 N–H and O–H groups in total. The quantitative estimate of drug-likeness (QED) is 0.889. The molecular weight excluding hydrogens is 290 g/mol. The van der Waals surface area contributed by atoms with E-state index in [0.29, 0.717) is 29.0 Å². The van der Waals surface area contributed by atoms with Gasteiger partial charge in [-0.15, -0.1) is 0 Å². The molecule has 0 fully saturated rings. The second-order valence-electron chi connectivity index (χ2n) is 3.31. The largest absolute Gasteiger partial charge is 0.382 e. The lowest BCUT2D eigenvalue weighted by molar-refractivity contribution is 0.380. The van der Waals surface area contributed by atoms with Crippen LogP contribution in [0.1, 0.15) is 5.89 Å². The van der Waals surface area contributed by atoms with Gasteiger partial charge in [-0.2, -0.15) is 10.1 Å². The summed E-state index contributed by atoms with van der Waals surface area (Å²) in [4.78, 5) is 15.4. The second kappa shape index (κ2) is 5.09. The van der Waals surface area contributed by atoms with Gasteiger partial charge in [-0.25, -0.2) is 4.68 Å². The fraction of sp³-hybridized carbons (Fsp3) is 0.333. The van der Waals surface area contributed by atoms with Crippen LogP contribution in [0.25, 0.3) is 0 Å². The first-order valence-electron chi connectivity index (χ1n) is 4.89.